The molecule has 0 aliphatic carbocycles. The van der Waals surface area contributed by atoms with Crippen LogP contribution in [-0.4, -0.2) is 51.9 Å². The van der Waals surface area contributed by atoms with E-state index in [1.807, 2.05) is 20.9 Å². The van der Waals surface area contributed by atoms with Gasteiger partial charge in [-0.05, 0) is 38.6 Å². The summed E-state index contributed by atoms with van der Waals surface area (Å²) in [6.07, 6.45) is 0.621. The maximum Gasteiger partial charge on any atom is 0.258 e. The van der Waals surface area contributed by atoms with E-state index in [9.17, 15) is 8.42 Å². The molecule has 2 aromatic rings. The van der Waals surface area contributed by atoms with Gasteiger partial charge in [-0.15, -0.1) is 12.4 Å². The second-order valence-corrected chi connectivity index (χ2v) is 7.54. The number of benzene rings is 1. The van der Waals surface area contributed by atoms with Gasteiger partial charge in [0.25, 0.3) is 5.89 Å². The van der Waals surface area contributed by atoms with Crippen LogP contribution in [0.25, 0.3) is 11.5 Å². The fourth-order valence-electron chi connectivity index (χ4n) is 2.18. The Bertz CT molecular complexity index is 810. The van der Waals surface area contributed by atoms with E-state index < -0.39 is 10.0 Å². The molecule has 8 nitrogen and oxygen atoms in total. The molecule has 0 spiro atoms. The van der Waals surface area contributed by atoms with Crippen molar-refractivity contribution in [2.75, 3.05) is 27.3 Å². The predicted molar refractivity (Wildman–Crippen MR) is 101 cm³/mol. The number of likely N-dealkylation sites (N-methyl/N-ethyl adjacent to an activating group) is 1. The number of methoxy groups -OCH3 is 1. The maximum atomic E-state index is 12.3. The normalized spacial score (nSPS) is 12.6. The lowest BCUT2D eigenvalue weighted by Gasteiger charge is -2.08. The average Bonchev–Trinajstić information content (AvgIpc) is 3.03. The van der Waals surface area contributed by atoms with Crippen molar-refractivity contribution in [2.24, 2.45) is 0 Å². The quantitative estimate of drug-likeness (QED) is 0.610. The Labute approximate surface area is 160 Å². The monoisotopic (exact) mass is 404 g/mol. The summed E-state index contributed by atoms with van der Waals surface area (Å²) in [6.45, 7) is 4.38. The molecule has 2 N–H and O–H groups in total. The minimum atomic E-state index is -3.63. The zero-order valence-corrected chi connectivity index (χ0v) is 16.9. The van der Waals surface area contributed by atoms with Crippen LogP contribution in [0.5, 0.6) is 0 Å². The van der Waals surface area contributed by atoms with Gasteiger partial charge in [0.05, 0.1) is 11.5 Å². The van der Waals surface area contributed by atoms with Crippen LogP contribution in [0.1, 0.15) is 18.3 Å². The highest BCUT2D eigenvalue weighted by atomic mass is 35.5. The summed E-state index contributed by atoms with van der Waals surface area (Å²) in [4.78, 5) is 4.52. The first-order chi connectivity index (χ1) is 11.9. The number of nitrogens with one attached hydrogen (secondary N) is 2. The van der Waals surface area contributed by atoms with Crippen molar-refractivity contribution >= 4 is 22.4 Å². The van der Waals surface area contributed by atoms with Crippen LogP contribution >= 0.6 is 12.4 Å². The van der Waals surface area contributed by atoms with Crippen LogP contribution in [0.2, 0.25) is 0 Å². The van der Waals surface area contributed by atoms with Crippen LogP contribution in [-0.2, 0) is 21.2 Å². The number of aryl methyl sites for hydroxylation is 1. The summed E-state index contributed by atoms with van der Waals surface area (Å²) in [5.74, 6) is 0.882. The van der Waals surface area contributed by atoms with Gasteiger partial charge in [0.1, 0.15) is 0 Å². The SMILES string of the molecule is CNC(C)Cc1noc(-c2cc(S(=O)(=O)NCCOC)ccc2C)n1.Cl. The third-order valence-electron chi connectivity index (χ3n) is 3.80. The summed E-state index contributed by atoms with van der Waals surface area (Å²) < 4.78 is 37.4. The molecule has 0 radical (unpaired) electrons. The van der Waals surface area contributed by atoms with E-state index in [1.54, 1.807) is 18.2 Å². The molecule has 0 aliphatic rings. The van der Waals surface area contributed by atoms with E-state index in [2.05, 4.69) is 20.2 Å². The highest BCUT2D eigenvalue weighted by molar-refractivity contribution is 7.89. The Morgan fingerprint density at radius 1 is 1.35 bits per heavy atom. The lowest BCUT2D eigenvalue weighted by molar-refractivity contribution is 0.204. The molecule has 1 aromatic carbocycles. The molecule has 1 aromatic heterocycles. The van der Waals surface area contributed by atoms with Crippen LogP contribution in [0.4, 0.5) is 0 Å². The fourth-order valence-corrected chi connectivity index (χ4v) is 3.22. The predicted octanol–water partition coefficient (Wildman–Crippen LogP) is 1.54. The highest BCUT2D eigenvalue weighted by Crippen LogP contribution is 2.25. The van der Waals surface area contributed by atoms with E-state index in [0.717, 1.165) is 5.56 Å². The van der Waals surface area contributed by atoms with Gasteiger partial charge in [0.2, 0.25) is 10.0 Å². The molecule has 1 unspecified atom stereocenters. The summed E-state index contributed by atoms with van der Waals surface area (Å²) in [7, 11) is -0.250. The van der Waals surface area contributed by atoms with E-state index in [4.69, 9.17) is 9.26 Å². The summed E-state index contributed by atoms with van der Waals surface area (Å²) in [6, 6.07) is 5.03. The maximum absolute atomic E-state index is 12.3. The number of rotatable bonds is 9. The van der Waals surface area contributed by atoms with Gasteiger partial charge >= 0.3 is 0 Å². The molecule has 2 rings (SSSR count). The standard InChI is InChI=1S/C16H24N4O4S.ClH/c1-11-5-6-13(25(21,22)18-7-8-23-4)10-14(11)16-19-15(20-24-16)9-12(2)17-3;/h5-6,10,12,17-18H,7-9H2,1-4H3;1H. The zero-order chi connectivity index (χ0) is 18.4. The topological polar surface area (TPSA) is 106 Å². The fraction of sp³-hybridized carbons (Fsp3) is 0.500. The third kappa shape index (κ3) is 5.75. The minimum absolute atomic E-state index is 0. The van der Waals surface area contributed by atoms with Crippen LogP contribution in [0.3, 0.4) is 0 Å². The van der Waals surface area contributed by atoms with Crippen molar-refractivity contribution in [3.8, 4) is 11.5 Å². The van der Waals surface area contributed by atoms with Crippen LogP contribution in [0.15, 0.2) is 27.6 Å². The number of aromatic nitrogens is 2. The molecular formula is C16H25ClN4O4S. The Kier molecular flexibility index (Phi) is 8.65. The van der Waals surface area contributed by atoms with E-state index in [1.165, 1.54) is 7.11 Å². The third-order valence-corrected chi connectivity index (χ3v) is 5.26. The Morgan fingerprint density at radius 2 is 2.08 bits per heavy atom. The highest BCUT2D eigenvalue weighted by Gasteiger charge is 2.18. The number of hydrogen-bond acceptors (Lipinski definition) is 7. The van der Waals surface area contributed by atoms with Crippen molar-refractivity contribution in [3.63, 3.8) is 0 Å². The van der Waals surface area contributed by atoms with Gasteiger partial charge < -0.3 is 14.6 Å². The number of nitrogens with zero attached hydrogens (tertiary/aromatic N) is 2. The Morgan fingerprint density at radius 3 is 2.73 bits per heavy atom. The lowest BCUT2D eigenvalue weighted by atomic mass is 10.1. The Balaban J connectivity index is 0.00000338. The van der Waals surface area contributed by atoms with Gasteiger partial charge in [0.15, 0.2) is 5.82 Å². The molecule has 26 heavy (non-hydrogen) atoms. The zero-order valence-electron chi connectivity index (χ0n) is 15.3. The van der Waals surface area contributed by atoms with E-state index in [-0.39, 0.29) is 29.9 Å². The molecule has 0 aliphatic heterocycles. The van der Waals surface area contributed by atoms with Crippen molar-refractivity contribution in [1.82, 2.24) is 20.2 Å². The summed E-state index contributed by atoms with van der Waals surface area (Å²) in [5, 5.41) is 7.07. The molecule has 0 fully saturated rings. The smallest absolute Gasteiger partial charge is 0.258 e. The molecule has 0 saturated carbocycles. The number of halogens is 1. The molecule has 0 bridgehead atoms. The lowest BCUT2D eigenvalue weighted by Crippen LogP contribution is -2.27. The summed E-state index contributed by atoms with van der Waals surface area (Å²) in [5.41, 5.74) is 1.46. The molecular weight excluding hydrogens is 380 g/mol. The number of ether oxygens (including phenoxy) is 1. The first-order valence-corrected chi connectivity index (χ1v) is 9.45. The molecule has 1 atom stereocenters. The molecule has 146 valence electrons. The number of hydrogen-bond donors (Lipinski definition) is 2. The van der Waals surface area contributed by atoms with Gasteiger partial charge in [-0.1, -0.05) is 11.2 Å². The van der Waals surface area contributed by atoms with Crippen LogP contribution < -0.4 is 10.0 Å². The molecule has 0 amide bonds. The van der Waals surface area contributed by atoms with E-state index >= 15 is 0 Å². The molecule has 1 heterocycles. The summed E-state index contributed by atoms with van der Waals surface area (Å²) >= 11 is 0. The average molecular weight is 405 g/mol. The van der Waals surface area contributed by atoms with Gasteiger partial charge in [0, 0.05) is 31.7 Å². The first-order valence-electron chi connectivity index (χ1n) is 7.97. The van der Waals surface area contributed by atoms with Gasteiger partial charge in [-0.25, -0.2) is 13.1 Å². The second kappa shape index (κ2) is 9.98. The minimum Gasteiger partial charge on any atom is -0.383 e. The van der Waals surface area contributed by atoms with Gasteiger partial charge in [-0.3, -0.25) is 0 Å². The van der Waals surface area contributed by atoms with Gasteiger partial charge in [-0.2, -0.15) is 4.98 Å². The second-order valence-electron chi connectivity index (χ2n) is 5.78. The van der Waals surface area contributed by atoms with Crippen LogP contribution in [0, 0.1) is 6.92 Å². The molecule has 0 saturated heterocycles. The Hall–Kier alpha value is -1.52. The largest absolute Gasteiger partial charge is 0.383 e. The van der Waals surface area contributed by atoms with Crippen molar-refractivity contribution in [2.45, 2.75) is 31.2 Å². The van der Waals surface area contributed by atoms with Crippen molar-refractivity contribution in [3.05, 3.63) is 29.6 Å². The van der Waals surface area contributed by atoms with Crippen molar-refractivity contribution in [1.29, 1.82) is 0 Å². The van der Waals surface area contributed by atoms with Crippen molar-refractivity contribution < 1.29 is 17.7 Å². The first kappa shape index (κ1) is 22.5. The molecule has 10 heteroatoms. The van der Waals surface area contributed by atoms with E-state index in [0.29, 0.717) is 30.3 Å². The number of sulfonamides is 1.